The number of carbonyl (C=O) groups is 1. The molecule has 24 heavy (non-hydrogen) atoms. The van der Waals surface area contributed by atoms with E-state index in [9.17, 15) is 4.79 Å². The highest BCUT2D eigenvalue weighted by atomic mass is 32.1. The van der Waals surface area contributed by atoms with Gasteiger partial charge >= 0.3 is 0 Å². The highest BCUT2D eigenvalue weighted by Crippen LogP contribution is 2.26. The number of nitrogens with one attached hydrogen (secondary N) is 1. The van der Waals surface area contributed by atoms with E-state index >= 15 is 0 Å². The van der Waals surface area contributed by atoms with Crippen LogP contribution in [0.5, 0.6) is 5.75 Å². The number of ether oxygens (including phenoxy) is 1. The van der Waals surface area contributed by atoms with Gasteiger partial charge < -0.3 is 4.74 Å². The van der Waals surface area contributed by atoms with Gasteiger partial charge in [0.15, 0.2) is 6.10 Å². The number of amides is 1. The molecule has 1 heterocycles. The van der Waals surface area contributed by atoms with Gasteiger partial charge in [-0.2, -0.15) is 0 Å². The zero-order valence-electron chi connectivity index (χ0n) is 13.4. The summed E-state index contributed by atoms with van der Waals surface area (Å²) < 4.78 is 5.60. The van der Waals surface area contributed by atoms with E-state index in [1.165, 1.54) is 16.9 Å². The Kier molecular flexibility index (Phi) is 4.86. The van der Waals surface area contributed by atoms with E-state index in [-0.39, 0.29) is 5.91 Å². The lowest BCUT2D eigenvalue weighted by atomic mass is 10.2. The van der Waals surface area contributed by atoms with Crippen molar-refractivity contribution < 1.29 is 9.53 Å². The second-order valence-corrected chi connectivity index (χ2v) is 6.32. The van der Waals surface area contributed by atoms with Crippen molar-refractivity contribution >= 4 is 22.4 Å². The van der Waals surface area contributed by atoms with Gasteiger partial charge in [0.25, 0.3) is 5.91 Å². The van der Waals surface area contributed by atoms with E-state index < -0.39 is 6.10 Å². The maximum absolute atomic E-state index is 12.2. The highest BCUT2D eigenvalue weighted by Gasteiger charge is 2.17. The van der Waals surface area contributed by atoms with Gasteiger partial charge in [0.05, 0.1) is 0 Å². The van der Waals surface area contributed by atoms with Gasteiger partial charge in [-0.25, -0.2) is 0 Å². The third kappa shape index (κ3) is 3.97. The molecule has 0 bridgehead atoms. The van der Waals surface area contributed by atoms with Gasteiger partial charge in [-0.05, 0) is 26.0 Å². The number of benzene rings is 2. The number of para-hydroxylation sites is 1. The maximum atomic E-state index is 12.2. The molecule has 2 aromatic carbocycles. The monoisotopic (exact) mass is 339 g/mol. The van der Waals surface area contributed by atoms with E-state index in [1.54, 1.807) is 6.92 Å². The summed E-state index contributed by atoms with van der Waals surface area (Å²) in [6.45, 7) is 3.73. The van der Waals surface area contributed by atoms with Gasteiger partial charge in [-0.15, -0.1) is 10.2 Å². The number of aromatic nitrogens is 2. The quantitative estimate of drug-likeness (QED) is 0.765. The second-order valence-electron chi connectivity index (χ2n) is 5.34. The number of hydrogen-bond acceptors (Lipinski definition) is 5. The Labute approximate surface area is 144 Å². The molecule has 0 radical (unpaired) electrons. The summed E-state index contributed by atoms with van der Waals surface area (Å²) in [5.41, 5.74) is 2.16. The summed E-state index contributed by atoms with van der Waals surface area (Å²) in [5, 5.41) is 12.1. The number of carbonyl (C=O) groups excluding carboxylic acids is 1. The predicted molar refractivity (Wildman–Crippen MR) is 95.2 cm³/mol. The lowest BCUT2D eigenvalue weighted by Crippen LogP contribution is -2.30. The molecule has 1 unspecified atom stereocenters. The van der Waals surface area contributed by atoms with Gasteiger partial charge in [0, 0.05) is 5.56 Å². The van der Waals surface area contributed by atoms with Gasteiger partial charge in [-0.1, -0.05) is 59.4 Å². The van der Waals surface area contributed by atoms with Crippen molar-refractivity contribution in [3.8, 4) is 16.3 Å². The normalized spacial score (nSPS) is 11.8. The van der Waals surface area contributed by atoms with E-state index in [2.05, 4.69) is 15.5 Å². The molecular formula is C18H17N3O2S. The molecule has 0 spiro atoms. The number of aryl methyl sites for hydroxylation is 1. The fraction of sp³-hybridized carbons (Fsp3) is 0.167. The maximum Gasteiger partial charge on any atom is 0.266 e. The van der Waals surface area contributed by atoms with Crippen molar-refractivity contribution in [3.05, 3.63) is 60.2 Å². The number of hydrogen-bond donors (Lipinski definition) is 1. The summed E-state index contributed by atoms with van der Waals surface area (Å²) in [7, 11) is 0. The van der Waals surface area contributed by atoms with Crippen LogP contribution in [0.3, 0.4) is 0 Å². The molecule has 3 rings (SSSR count). The number of anilines is 1. The Bertz CT molecular complexity index is 816. The Morgan fingerprint density at radius 2 is 1.79 bits per heavy atom. The van der Waals surface area contributed by atoms with E-state index in [0.717, 1.165) is 10.6 Å². The molecule has 5 nitrogen and oxygen atoms in total. The fourth-order valence-electron chi connectivity index (χ4n) is 2.05. The zero-order chi connectivity index (χ0) is 16.9. The minimum atomic E-state index is -0.626. The highest BCUT2D eigenvalue weighted by molar-refractivity contribution is 7.18. The van der Waals surface area contributed by atoms with Crippen LogP contribution in [0.15, 0.2) is 54.6 Å². The molecular weight excluding hydrogens is 322 g/mol. The van der Waals surface area contributed by atoms with Crippen molar-refractivity contribution in [2.45, 2.75) is 20.0 Å². The Hall–Kier alpha value is -2.73. The Balaban J connectivity index is 1.63. The smallest absolute Gasteiger partial charge is 0.266 e. The molecule has 1 aromatic heterocycles. The Morgan fingerprint density at radius 1 is 1.08 bits per heavy atom. The van der Waals surface area contributed by atoms with Crippen LogP contribution < -0.4 is 10.1 Å². The zero-order valence-corrected chi connectivity index (χ0v) is 14.2. The summed E-state index contributed by atoms with van der Waals surface area (Å²) in [5.74, 6) is 0.392. The Morgan fingerprint density at radius 3 is 2.50 bits per heavy atom. The molecule has 0 aliphatic carbocycles. The average Bonchev–Trinajstić information content (AvgIpc) is 3.05. The molecule has 0 aliphatic heterocycles. The topological polar surface area (TPSA) is 64.1 Å². The van der Waals surface area contributed by atoms with Crippen LogP contribution in [-0.2, 0) is 4.79 Å². The first-order valence-corrected chi connectivity index (χ1v) is 8.36. The van der Waals surface area contributed by atoms with Gasteiger partial charge in [0.2, 0.25) is 5.13 Å². The van der Waals surface area contributed by atoms with Crippen LogP contribution in [0.1, 0.15) is 12.5 Å². The van der Waals surface area contributed by atoms with Crippen LogP contribution in [0.2, 0.25) is 0 Å². The van der Waals surface area contributed by atoms with Crippen molar-refractivity contribution in [2.24, 2.45) is 0 Å². The van der Waals surface area contributed by atoms with Crippen molar-refractivity contribution in [1.82, 2.24) is 10.2 Å². The molecule has 3 aromatic rings. The van der Waals surface area contributed by atoms with Crippen molar-refractivity contribution in [1.29, 1.82) is 0 Å². The van der Waals surface area contributed by atoms with E-state index in [1.807, 2.05) is 61.5 Å². The fourth-order valence-corrected chi connectivity index (χ4v) is 2.80. The SMILES string of the molecule is Cc1ccc(-c2nnc(NC(=O)C(C)Oc3ccccc3)s2)cc1. The molecule has 1 atom stereocenters. The minimum absolute atomic E-state index is 0.259. The van der Waals surface area contributed by atoms with Crippen LogP contribution in [0.25, 0.3) is 10.6 Å². The van der Waals surface area contributed by atoms with Crippen LogP contribution in [0, 0.1) is 6.92 Å². The molecule has 0 fully saturated rings. The van der Waals surface area contributed by atoms with Crippen molar-refractivity contribution in [2.75, 3.05) is 5.32 Å². The molecule has 0 aliphatic rings. The van der Waals surface area contributed by atoms with Crippen LogP contribution in [0.4, 0.5) is 5.13 Å². The summed E-state index contributed by atoms with van der Waals surface area (Å²) in [6, 6.07) is 17.2. The lowest BCUT2D eigenvalue weighted by molar-refractivity contribution is -0.122. The lowest BCUT2D eigenvalue weighted by Gasteiger charge is -2.13. The molecule has 0 saturated carbocycles. The predicted octanol–water partition coefficient (Wildman–Crippen LogP) is 3.92. The third-order valence-corrected chi connectivity index (χ3v) is 4.27. The first-order chi connectivity index (χ1) is 11.6. The first-order valence-electron chi connectivity index (χ1n) is 7.55. The number of rotatable bonds is 5. The van der Waals surface area contributed by atoms with Gasteiger partial charge in [0.1, 0.15) is 10.8 Å². The molecule has 122 valence electrons. The largest absolute Gasteiger partial charge is 0.481 e. The molecule has 0 saturated heterocycles. The van der Waals surface area contributed by atoms with Crippen molar-refractivity contribution in [3.63, 3.8) is 0 Å². The summed E-state index contributed by atoms with van der Waals surface area (Å²) in [6.07, 6.45) is -0.626. The number of nitrogens with zero attached hydrogens (tertiary/aromatic N) is 2. The van der Waals surface area contributed by atoms with Crippen LogP contribution >= 0.6 is 11.3 Å². The average molecular weight is 339 g/mol. The minimum Gasteiger partial charge on any atom is -0.481 e. The molecule has 6 heteroatoms. The van der Waals surface area contributed by atoms with Gasteiger partial charge in [-0.3, -0.25) is 10.1 Å². The standard InChI is InChI=1S/C18H17N3O2S/c1-12-8-10-14(11-9-12)17-20-21-18(24-17)19-16(22)13(2)23-15-6-4-3-5-7-15/h3-11,13H,1-2H3,(H,19,21,22). The molecule has 1 N–H and O–H groups in total. The van der Waals surface area contributed by atoms with Crippen LogP contribution in [-0.4, -0.2) is 22.2 Å². The second kappa shape index (κ2) is 7.23. The molecule has 1 amide bonds. The van der Waals surface area contributed by atoms with E-state index in [0.29, 0.717) is 10.9 Å². The van der Waals surface area contributed by atoms with E-state index in [4.69, 9.17) is 4.74 Å². The summed E-state index contributed by atoms with van der Waals surface area (Å²) in [4.78, 5) is 12.2. The summed E-state index contributed by atoms with van der Waals surface area (Å²) >= 11 is 1.33. The first kappa shape index (κ1) is 16.1. The third-order valence-electron chi connectivity index (χ3n) is 3.38.